The SMILES string of the molecule is CC(O)S(=O)(=O)c1cc(O)c([N+](=O)[O-])cc1O.COC. The van der Waals surface area contributed by atoms with Crippen molar-refractivity contribution in [1.29, 1.82) is 0 Å². The van der Waals surface area contributed by atoms with Crippen molar-refractivity contribution in [3.05, 3.63) is 22.2 Å². The van der Waals surface area contributed by atoms with Gasteiger partial charge in [0, 0.05) is 20.3 Å². The summed E-state index contributed by atoms with van der Waals surface area (Å²) in [5.74, 6) is -1.82. The molecule has 0 saturated carbocycles. The van der Waals surface area contributed by atoms with Gasteiger partial charge in [-0.3, -0.25) is 10.1 Å². The minimum absolute atomic E-state index is 0.505. The topological polar surface area (TPSA) is 147 Å². The number of nitro groups is 1. The summed E-state index contributed by atoms with van der Waals surface area (Å²) in [4.78, 5) is 8.66. The van der Waals surface area contributed by atoms with E-state index < -0.39 is 42.3 Å². The molecule has 1 aromatic rings. The van der Waals surface area contributed by atoms with E-state index >= 15 is 0 Å². The molecule has 0 aliphatic rings. The van der Waals surface area contributed by atoms with Gasteiger partial charge in [-0.25, -0.2) is 8.42 Å². The Labute approximate surface area is 115 Å². The molecule has 20 heavy (non-hydrogen) atoms. The van der Waals surface area contributed by atoms with Crippen molar-refractivity contribution in [2.24, 2.45) is 0 Å². The third-order valence-electron chi connectivity index (χ3n) is 2.01. The molecule has 1 aromatic carbocycles. The lowest BCUT2D eigenvalue weighted by Crippen LogP contribution is -2.17. The summed E-state index contributed by atoms with van der Waals surface area (Å²) < 4.78 is 27.2. The van der Waals surface area contributed by atoms with Crippen molar-refractivity contribution in [2.45, 2.75) is 17.3 Å². The van der Waals surface area contributed by atoms with E-state index in [2.05, 4.69) is 4.74 Å². The summed E-state index contributed by atoms with van der Waals surface area (Å²) in [6, 6.07) is 1.03. The highest BCUT2D eigenvalue weighted by atomic mass is 32.2. The minimum atomic E-state index is -4.25. The van der Waals surface area contributed by atoms with Crippen molar-refractivity contribution in [2.75, 3.05) is 14.2 Å². The highest BCUT2D eigenvalue weighted by molar-refractivity contribution is 7.92. The van der Waals surface area contributed by atoms with E-state index in [-0.39, 0.29) is 0 Å². The second-order valence-electron chi connectivity index (χ2n) is 3.62. The molecule has 114 valence electrons. The van der Waals surface area contributed by atoms with Crippen LogP contribution in [0, 0.1) is 10.1 Å². The largest absolute Gasteiger partial charge is 0.506 e. The predicted molar refractivity (Wildman–Crippen MR) is 68.2 cm³/mol. The Morgan fingerprint density at radius 1 is 1.25 bits per heavy atom. The Hall–Kier alpha value is -1.91. The molecule has 10 heteroatoms. The standard InChI is InChI=1S/C8H9NO7S.C2H6O/c1-4(10)17(15,16)8-3-6(11)5(9(13)14)2-7(8)12;1-3-2/h2-4,10-12H,1H3;1-2H3. The van der Waals surface area contributed by atoms with Crippen LogP contribution in [0.4, 0.5) is 5.69 Å². The van der Waals surface area contributed by atoms with E-state index in [4.69, 9.17) is 5.11 Å². The molecule has 0 saturated heterocycles. The Bertz CT molecular complexity index is 581. The molecule has 1 rings (SSSR count). The van der Waals surface area contributed by atoms with Gasteiger partial charge < -0.3 is 20.1 Å². The van der Waals surface area contributed by atoms with Gasteiger partial charge in [-0.2, -0.15) is 0 Å². The number of phenols is 2. The minimum Gasteiger partial charge on any atom is -0.506 e. The van der Waals surface area contributed by atoms with Crippen LogP contribution in [0.1, 0.15) is 6.92 Å². The molecule has 1 atom stereocenters. The molecule has 0 amide bonds. The third kappa shape index (κ3) is 4.05. The molecule has 0 aromatic heterocycles. The zero-order chi connectivity index (χ0) is 16.1. The summed E-state index contributed by atoms with van der Waals surface area (Å²) in [6.07, 6.45) is 0. The number of aliphatic hydroxyl groups excluding tert-OH is 1. The Kier molecular flexibility index (Phi) is 6.36. The average Bonchev–Trinajstić information content (AvgIpc) is 2.31. The monoisotopic (exact) mass is 309 g/mol. The van der Waals surface area contributed by atoms with Gasteiger partial charge in [0.2, 0.25) is 9.84 Å². The second-order valence-corrected chi connectivity index (χ2v) is 5.83. The molecular weight excluding hydrogens is 294 g/mol. The lowest BCUT2D eigenvalue weighted by atomic mass is 10.3. The average molecular weight is 309 g/mol. The van der Waals surface area contributed by atoms with Gasteiger partial charge in [0.05, 0.1) is 11.0 Å². The smallest absolute Gasteiger partial charge is 0.314 e. The van der Waals surface area contributed by atoms with E-state index in [0.29, 0.717) is 12.1 Å². The lowest BCUT2D eigenvalue weighted by molar-refractivity contribution is -0.386. The maximum absolute atomic E-state index is 11.5. The number of sulfone groups is 1. The van der Waals surface area contributed by atoms with Gasteiger partial charge in [-0.15, -0.1) is 0 Å². The second kappa shape index (κ2) is 7.03. The van der Waals surface area contributed by atoms with E-state index in [1.807, 2.05) is 0 Å². The fourth-order valence-corrected chi connectivity index (χ4v) is 2.10. The summed E-state index contributed by atoms with van der Waals surface area (Å²) in [5.41, 5.74) is -2.64. The first kappa shape index (κ1) is 18.1. The molecule has 0 radical (unpaired) electrons. The fraction of sp³-hybridized carbons (Fsp3) is 0.400. The molecule has 0 aliphatic carbocycles. The van der Waals surface area contributed by atoms with Gasteiger partial charge >= 0.3 is 5.69 Å². The zero-order valence-electron chi connectivity index (χ0n) is 11.0. The van der Waals surface area contributed by atoms with E-state index in [1.165, 1.54) is 0 Å². The number of hydrogen-bond donors (Lipinski definition) is 3. The van der Waals surface area contributed by atoms with Crippen molar-refractivity contribution in [1.82, 2.24) is 0 Å². The number of phenolic OH excluding ortho intramolecular Hbond substituents is 2. The Morgan fingerprint density at radius 3 is 2.05 bits per heavy atom. The molecule has 0 aliphatic heterocycles. The summed E-state index contributed by atoms with van der Waals surface area (Å²) in [6.45, 7) is 0.952. The number of hydrogen-bond acceptors (Lipinski definition) is 8. The first-order chi connectivity index (χ1) is 9.09. The van der Waals surface area contributed by atoms with Crippen molar-refractivity contribution < 1.29 is 33.4 Å². The van der Waals surface area contributed by atoms with Gasteiger partial charge in [0.1, 0.15) is 10.6 Å². The molecule has 3 N–H and O–H groups in total. The summed E-state index contributed by atoms with van der Waals surface area (Å²) in [5, 5.41) is 38.0. The first-order valence-corrected chi connectivity index (χ1v) is 6.66. The Morgan fingerprint density at radius 2 is 1.70 bits per heavy atom. The molecule has 0 heterocycles. The normalized spacial score (nSPS) is 12.2. The van der Waals surface area contributed by atoms with Crippen LogP contribution in [0.5, 0.6) is 11.5 Å². The van der Waals surface area contributed by atoms with Crippen LogP contribution in [0.3, 0.4) is 0 Å². The summed E-state index contributed by atoms with van der Waals surface area (Å²) >= 11 is 0. The molecule has 1 unspecified atom stereocenters. The predicted octanol–water partition coefficient (Wildman–Crippen LogP) is 0.381. The quantitative estimate of drug-likeness (QED) is 0.412. The highest BCUT2D eigenvalue weighted by Gasteiger charge is 2.28. The zero-order valence-corrected chi connectivity index (χ0v) is 11.8. The van der Waals surface area contributed by atoms with Gasteiger partial charge in [-0.05, 0) is 6.92 Å². The van der Waals surface area contributed by atoms with Crippen LogP contribution < -0.4 is 0 Å². The van der Waals surface area contributed by atoms with Gasteiger partial charge in [0.25, 0.3) is 0 Å². The number of nitro benzene ring substituents is 1. The molecule has 0 bridgehead atoms. The number of aromatic hydroxyl groups is 2. The molecule has 9 nitrogen and oxygen atoms in total. The van der Waals surface area contributed by atoms with Gasteiger partial charge in [0.15, 0.2) is 11.2 Å². The van der Waals surface area contributed by atoms with Crippen LogP contribution >= 0.6 is 0 Å². The number of nitrogens with zero attached hydrogens (tertiary/aromatic N) is 1. The number of benzene rings is 1. The van der Waals surface area contributed by atoms with Crippen molar-refractivity contribution in [3.8, 4) is 11.5 Å². The van der Waals surface area contributed by atoms with Crippen molar-refractivity contribution >= 4 is 15.5 Å². The van der Waals surface area contributed by atoms with Crippen LogP contribution in [-0.2, 0) is 14.6 Å². The molecular formula is C10H15NO8S. The van der Waals surface area contributed by atoms with E-state index in [1.54, 1.807) is 14.2 Å². The van der Waals surface area contributed by atoms with Crippen LogP contribution in [-0.4, -0.2) is 48.3 Å². The number of rotatable bonds is 3. The third-order valence-corrected chi connectivity index (χ3v) is 3.85. The van der Waals surface area contributed by atoms with E-state index in [9.17, 15) is 28.7 Å². The first-order valence-electron chi connectivity index (χ1n) is 5.12. The Balaban J connectivity index is 0.00000110. The number of ether oxygens (including phenoxy) is 1. The van der Waals surface area contributed by atoms with Crippen LogP contribution in [0.15, 0.2) is 17.0 Å². The highest BCUT2D eigenvalue weighted by Crippen LogP contribution is 2.36. The number of aliphatic hydroxyl groups is 1. The number of methoxy groups -OCH3 is 1. The van der Waals surface area contributed by atoms with Crippen LogP contribution in [0.2, 0.25) is 0 Å². The summed E-state index contributed by atoms with van der Waals surface area (Å²) in [7, 11) is -1.000. The van der Waals surface area contributed by atoms with Gasteiger partial charge in [-0.1, -0.05) is 0 Å². The molecule has 0 spiro atoms. The maximum Gasteiger partial charge on any atom is 0.314 e. The maximum atomic E-state index is 11.5. The fourth-order valence-electron chi connectivity index (χ4n) is 1.10. The van der Waals surface area contributed by atoms with Crippen LogP contribution in [0.25, 0.3) is 0 Å². The van der Waals surface area contributed by atoms with E-state index in [0.717, 1.165) is 6.92 Å². The molecule has 0 fully saturated rings. The lowest BCUT2D eigenvalue weighted by Gasteiger charge is -2.09. The van der Waals surface area contributed by atoms with Crippen molar-refractivity contribution in [3.63, 3.8) is 0 Å².